The number of guanidine groups is 1. The van der Waals surface area contributed by atoms with Gasteiger partial charge in [0, 0.05) is 36.2 Å². The zero-order valence-electron chi connectivity index (χ0n) is 18.2. The minimum absolute atomic E-state index is 0.127. The molecule has 1 aromatic heterocycles. The van der Waals surface area contributed by atoms with E-state index in [0.29, 0.717) is 12.8 Å². The summed E-state index contributed by atoms with van der Waals surface area (Å²) in [5.41, 5.74) is 9.87. The molecule has 3 N–H and O–H groups in total. The average molecular weight is 436 g/mol. The number of nitriles is 1. The van der Waals surface area contributed by atoms with Crippen LogP contribution in [0, 0.1) is 11.5 Å². The van der Waals surface area contributed by atoms with Gasteiger partial charge in [0.1, 0.15) is 0 Å². The fourth-order valence-electron chi connectivity index (χ4n) is 3.16. The van der Waals surface area contributed by atoms with Gasteiger partial charge in [-0.25, -0.2) is 0 Å². The Bertz CT molecular complexity index is 991. The summed E-state index contributed by atoms with van der Waals surface area (Å²) in [4.78, 5) is 20.7. The highest BCUT2D eigenvalue weighted by atomic mass is 28.3. The summed E-state index contributed by atoms with van der Waals surface area (Å²) < 4.78 is 0. The van der Waals surface area contributed by atoms with E-state index in [1.165, 1.54) is 0 Å². The average Bonchev–Trinajstić information content (AvgIpc) is 2.72. The van der Waals surface area contributed by atoms with Gasteiger partial charge in [-0.15, -0.1) is 4.99 Å². The molecule has 0 aliphatic heterocycles. The molecule has 2 aromatic rings. The lowest BCUT2D eigenvalue weighted by atomic mass is 9.97. The molecule has 0 amide bonds. The van der Waals surface area contributed by atoms with Crippen molar-refractivity contribution in [2.75, 3.05) is 11.1 Å². The van der Waals surface area contributed by atoms with Crippen molar-refractivity contribution in [1.29, 1.82) is 5.26 Å². The fraction of sp³-hybridized carbons (Fsp3) is 0.304. The number of anilines is 1. The maximum atomic E-state index is 10.9. The van der Waals surface area contributed by atoms with Crippen LogP contribution in [-0.2, 0) is 4.79 Å². The molecule has 0 atom stereocenters. The van der Waals surface area contributed by atoms with Crippen molar-refractivity contribution in [2.24, 2.45) is 10.7 Å². The summed E-state index contributed by atoms with van der Waals surface area (Å²) >= 11 is 0. The third-order valence-corrected chi connectivity index (χ3v) is 5.72. The van der Waals surface area contributed by atoms with E-state index in [0.717, 1.165) is 28.6 Å². The molecule has 162 valence electrons. The fourth-order valence-corrected chi connectivity index (χ4v) is 4.45. The Kier molecular flexibility index (Phi) is 8.52. The number of nitrogens with zero attached hydrogens (tertiary/aromatic N) is 4. The number of allylic oxidation sites excluding steroid dienone is 1. The van der Waals surface area contributed by atoms with Gasteiger partial charge in [0.2, 0.25) is 12.2 Å². The Morgan fingerprint density at radius 1 is 1.29 bits per heavy atom. The lowest BCUT2D eigenvalue weighted by Gasteiger charge is -2.29. The summed E-state index contributed by atoms with van der Waals surface area (Å²) in [6, 6.07) is 11.8. The molecule has 0 saturated heterocycles. The lowest BCUT2D eigenvalue weighted by Crippen LogP contribution is -2.47. The quantitative estimate of drug-likeness (QED) is 0.200. The van der Waals surface area contributed by atoms with E-state index < -0.39 is 14.0 Å². The van der Waals surface area contributed by atoms with E-state index in [2.05, 4.69) is 35.7 Å². The Balaban J connectivity index is 2.47. The standard InChI is InChI=1S/C23H29N5O2Si/c1-31(2,3)17-28(23(25)27-16-24)20-10-6-8-18(14-20)21(11-4-5-12-22(29)30)19-9-7-13-26-15-19/h6-11,13-15H,4-5,12,17H2,1-3H3,(H2,25,27)(H,29,30)/b21-11+. The number of aliphatic imine (C=N–C) groups is 1. The highest BCUT2D eigenvalue weighted by molar-refractivity contribution is 6.77. The number of hydrogen-bond acceptors (Lipinski definition) is 4. The van der Waals surface area contributed by atoms with E-state index in [-0.39, 0.29) is 12.4 Å². The summed E-state index contributed by atoms with van der Waals surface area (Å²) in [6.07, 6.45) is 9.38. The van der Waals surface area contributed by atoms with Crippen LogP contribution in [0.1, 0.15) is 30.4 Å². The maximum Gasteiger partial charge on any atom is 0.303 e. The third kappa shape index (κ3) is 7.72. The zero-order valence-corrected chi connectivity index (χ0v) is 19.2. The van der Waals surface area contributed by atoms with Crippen LogP contribution in [0.15, 0.2) is 59.9 Å². The van der Waals surface area contributed by atoms with Crippen LogP contribution in [0.25, 0.3) is 5.57 Å². The van der Waals surface area contributed by atoms with Gasteiger partial charge in [0.05, 0.1) is 8.07 Å². The second-order valence-electron chi connectivity index (χ2n) is 8.41. The van der Waals surface area contributed by atoms with Crippen molar-refractivity contribution in [1.82, 2.24) is 4.98 Å². The molecular formula is C23H29N5O2Si. The number of aliphatic carboxylic acids is 1. The smallest absolute Gasteiger partial charge is 0.303 e. The van der Waals surface area contributed by atoms with Crippen molar-refractivity contribution in [2.45, 2.75) is 38.9 Å². The van der Waals surface area contributed by atoms with E-state index in [9.17, 15) is 4.79 Å². The Labute approximate surface area is 184 Å². The molecule has 0 spiro atoms. The van der Waals surface area contributed by atoms with Crippen molar-refractivity contribution in [3.63, 3.8) is 0 Å². The topological polar surface area (TPSA) is 116 Å². The molecule has 31 heavy (non-hydrogen) atoms. The van der Waals surface area contributed by atoms with E-state index >= 15 is 0 Å². The highest BCUT2D eigenvalue weighted by Crippen LogP contribution is 2.28. The summed E-state index contributed by atoms with van der Waals surface area (Å²) in [5.74, 6) is -0.622. The van der Waals surface area contributed by atoms with Crippen LogP contribution < -0.4 is 10.6 Å². The first-order chi connectivity index (χ1) is 14.7. The summed E-state index contributed by atoms with van der Waals surface area (Å²) in [5, 5.41) is 17.9. The van der Waals surface area contributed by atoms with Crippen molar-refractivity contribution in [3.05, 3.63) is 66.0 Å². The molecule has 0 radical (unpaired) electrons. The first kappa shape index (κ1) is 23.8. The molecule has 0 bridgehead atoms. The molecule has 0 saturated carbocycles. The van der Waals surface area contributed by atoms with Gasteiger partial charge in [-0.1, -0.05) is 43.9 Å². The predicted molar refractivity (Wildman–Crippen MR) is 127 cm³/mol. The van der Waals surface area contributed by atoms with Crippen LogP contribution in [0.2, 0.25) is 19.6 Å². The van der Waals surface area contributed by atoms with Crippen molar-refractivity contribution in [3.8, 4) is 6.19 Å². The van der Waals surface area contributed by atoms with Crippen molar-refractivity contribution < 1.29 is 9.90 Å². The number of rotatable bonds is 9. The van der Waals surface area contributed by atoms with Gasteiger partial charge >= 0.3 is 5.97 Å². The number of carboxylic acids is 1. The Morgan fingerprint density at radius 2 is 2.03 bits per heavy atom. The molecular weight excluding hydrogens is 406 g/mol. The molecule has 2 rings (SSSR count). The summed E-state index contributed by atoms with van der Waals surface area (Å²) in [6.45, 7) is 6.69. The van der Waals surface area contributed by atoms with Gasteiger partial charge in [0.25, 0.3) is 0 Å². The Hall–Kier alpha value is -3.44. The largest absolute Gasteiger partial charge is 0.481 e. The number of hydrogen-bond donors (Lipinski definition) is 2. The number of aromatic nitrogens is 1. The second-order valence-corrected chi connectivity index (χ2v) is 13.9. The summed E-state index contributed by atoms with van der Waals surface area (Å²) in [7, 11) is -1.56. The van der Waals surface area contributed by atoms with E-state index in [1.807, 2.05) is 41.3 Å². The highest BCUT2D eigenvalue weighted by Gasteiger charge is 2.22. The first-order valence-electron chi connectivity index (χ1n) is 10.1. The van der Waals surface area contributed by atoms with E-state index in [1.54, 1.807) is 18.6 Å². The van der Waals surface area contributed by atoms with Crippen LogP contribution in [0.3, 0.4) is 0 Å². The van der Waals surface area contributed by atoms with Gasteiger partial charge in [-0.2, -0.15) is 5.26 Å². The van der Waals surface area contributed by atoms with Crippen LogP contribution in [0.5, 0.6) is 0 Å². The van der Waals surface area contributed by atoms with Crippen molar-refractivity contribution >= 4 is 31.3 Å². The van der Waals surface area contributed by atoms with Gasteiger partial charge in [0.15, 0.2) is 0 Å². The monoisotopic (exact) mass is 435 g/mol. The minimum atomic E-state index is -1.56. The van der Waals surface area contributed by atoms with Gasteiger partial charge < -0.3 is 15.7 Å². The molecule has 1 heterocycles. The first-order valence-corrected chi connectivity index (χ1v) is 13.8. The number of nitrogens with two attached hydrogens (primary N) is 1. The lowest BCUT2D eigenvalue weighted by molar-refractivity contribution is -0.137. The molecule has 1 aromatic carbocycles. The Morgan fingerprint density at radius 3 is 2.65 bits per heavy atom. The van der Waals surface area contributed by atoms with Crippen LogP contribution in [-0.4, -0.2) is 36.3 Å². The minimum Gasteiger partial charge on any atom is -0.481 e. The molecule has 0 aliphatic rings. The van der Waals surface area contributed by atoms with Crippen LogP contribution >= 0.6 is 0 Å². The normalized spacial score (nSPS) is 12.3. The number of carboxylic acid groups (broad SMARTS) is 1. The number of unbranched alkanes of at least 4 members (excludes halogenated alkanes) is 1. The predicted octanol–water partition coefficient (Wildman–Crippen LogP) is 4.25. The molecule has 0 unspecified atom stereocenters. The molecule has 0 fully saturated rings. The maximum absolute atomic E-state index is 10.9. The SMILES string of the molecule is C[Si](C)(C)CN(C(N)=NC#N)c1cccc(/C(=C\CCCC(=O)O)c2cccnc2)c1. The zero-order chi connectivity index (χ0) is 22.9. The molecule has 0 aliphatic carbocycles. The van der Waals surface area contributed by atoms with Gasteiger partial charge in [-0.05, 0) is 42.2 Å². The van der Waals surface area contributed by atoms with E-state index in [4.69, 9.17) is 16.1 Å². The number of benzene rings is 1. The molecule has 7 nitrogen and oxygen atoms in total. The third-order valence-electron chi connectivity index (χ3n) is 4.46. The second kappa shape index (κ2) is 11.1. The number of pyridine rings is 1. The molecule has 8 heteroatoms. The van der Waals surface area contributed by atoms with Crippen LogP contribution in [0.4, 0.5) is 5.69 Å². The van der Waals surface area contributed by atoms with Gasteiger partial charge in [-0.3, -0.25) is 9.78 Å². The number of carbonyl (C=O) groups is 1.